The second-order valence-electron chi connectivity index (χ2n) is 10.3. The number of anilines is 1. The first-order chi connectivity index (χ1) is 21.8. The molecule has 1 aromatic heterocycles. The Morgan fingerprint density at radius 1 is 1.07 bits per heavy atom. The molecular formula is C36H51BrN6O2. The molecule has 1 fully saturated rings. The third-order valence-corrected chi connectivity index (χ3v) is 7.74. The van der Waals surface area contributed by atoms with Crippen molar-refractivity contribution in [2.75, 3.05) is 38.5 Å². The summed E-state index contributed by atoms with van der Waals surface area (Å²) in [5.74, 6) is 1.18. The fourth-order valence-electron chi connectivity index (χ4n) is 5.17. The van der Waals surface area contributed by atoms with Crippen molar-refractivity contribution in [1.82, 2.24) is 24.7 Å². The number of aromatic nitrogens is 2. The molecule has 3 aromatic rings. The Balaban J connectivity index is 0.000000704. The van der Waals surface area contributed by atoms with Crippen LogP contribution in [0.25, 0.3) is 6.08 Å². The number of piperazine rings is 1. The minimum atomic E-state index is -0.110. The highest BCUT2D eigenvalue weighted by Crippen LogP contribution is 2.38. The second kappa shape index (κ2) is 19.5. The summed E-state index contributed by atoms with van der Waals surface area (Å²) in [6.45, 7) is 20.3. The van der Waals surface area contributed by atoms with Crippen molar-refractivity contribution in [2.24, 2.45) is 0 Å². The van der Waals surface area contributed by atoms with E-state index in [2.05, 4.69) is 78.8 Å². The van der Waals surface area contributed by atoms with Crippen LogP contribution in [0.3, 0.4) is 0 Å². The van der Waals surface area contributed by atoms with Crippen molar-refractivity contribution in [2.45, 2.75) is 60.5 Å². The van der Waals surface area contributed by atoms with Crippen LogP contribution in [0.1, 0.15) is 62.7 Å². The van der Waals surface area contributed by atoms with Gasteiger partial charge >= 0.3 is 6.03 Å². The van der Waals surface area contributed by atoms with E-state index in [-0.39, 0.29) is 17.8 Å². The zero-order chi connectivity index (χ0) is 33.4. The lowest BCUT2D eigenvalue weighted by atomic mass is 9.94. The van der Waals surface area contributed by atoms with Crippen molar-refractivity contribution < 1.29 is 9.90 Å². The van der Waals surface area contributed by atoms with Crippen LogP contribution in [0.5, 0.6) is 5.75 Å². The van der Waals surface area contributed by atoms with Crippen LogP contribution >= 0.6 is 15.9 Å². The molecule has 2 amide bonds. The van der Waals surface area contributed by atoms with Gasteiger partial charge in [0.2, 0.25) is 0 Å². The molecule has 0 radical (unpaired) electrons. The van der Waals surface area contributed by atoms with Gasteiger partial charge in [-0.15, -0.1) is 0 Å². The maximum Gasteiger partial charge on any atom is 0.321 e. The number of rotatable bonds is 5. The van der Waals surface area contributed by atoms with Gasteiger partial charge in [-0.3, -0.25) is 4.90 Å². The quantitative estimate of drug-likeness (QED) is 0.237. The van der Waals surface area contributed by atoms with Crippen molar-refractivity contribution >= 4 is 33.7 Å². The molecule has 8 nitrogen and oxygen atoms in total. The van der Waals surface area contributed by atoms with Crippen molar-refractivity contribution in [3.63, 3.8) is 0 Å². The van der Waals surface area contributed by atoms with Gasteiger partial charge in [0.15, 0.2) is 0 Å². The van der Waals surface area contributed by atoms with Gasteiger partial charge in [0.05, 0.1) is 0 Å². The standard InChI is InChI=1S/C29H33N5O2.C3H6BrN.2C2H6/c1-20-4-9-27-23(16-20)18-24(19-34-11-10-30-22(34)3)21(2)17-28(27)32-12-14-33(15-13-32)29(36)31-25-5-7-26(35)8-6-25;1-5-3-2-4;2*1-2/h4-11,16,18,28,35H,2,12-15,17,19H2,1,3H3,(H,31,36);2-3,5H,1H3;2*1-2H3/b;3-2+;;. The number of allylic oxidation sites excluding steroid dienone is 1. The Kier molecular flexibility index (Phi) is 16.2. The molecule has 244 valence electrons. The number of benzene rings is 2. The number of carbonyl (C=O) groups excluding carboxylic acids is 1. The first-order valence-corrected chi connectivity index (χ1v) is 16.7. The third kappa shape index (κ3) is 10.9. The number of nitrogens with zero attached hydrogens (tertiary/aromatic N) is 4. The van der Waals surface area contributed by atoms with E-state index in [4.69, 9.17) is 0 Å². The number of hydrogen-bond donors (Lipinski definition) is 3. The van der Waals surface area contributed by atoms with Crippen LogP contribution in [0.4, 0.5) is 10.5 Å². The molecule has 45 heavy (non-hydrogen) atoms. The summed E-state index contributed by atoms with van der Waals surface area (Å²) < 4.78 is 2.16. The number of phenolic OH excluding ortho intramolecular Hbond substituents is 1. The maximum absolute atomic E-state index is 12.8. The van der Waals surface area contributed by atoms with Crippen LogP contribution in [0.15, 0.2) is 83.8 Å². The molecule has 0 bridgehead atoms. The molecule has 1 aliphatic heterocycles. The zero-order valence-electron chi connectivity index (χ0n) is 28.0. The molecule has 2 heterocycles. The Hall–Kier alpha value is -3.82. The summed E-state index contributed by atoms with van der Waals surface area (Å²) in [6.07, 6.45) is 8.81. The summed E-state index contributed by atoms with van der Waals surface area (Å²) in [7, 11) is 1.84. The average molecular weight is 680 g/mol. The Morgan fingerprint density at radius 2 is 1.73 bits per heavy atom. The first-order valence-electron chi connectivity index (χ1n) is 15.8. The number of nitrogens with one attached hydrogen (secondary N) is 2. The summed E-state index contributed by atoms with van der Waals surface area (Å²) >= 11 is 3.07. The van der Waals surface area contributed by atoms with Gasteiger partial charge in [-0.1, -0.05) is 74.0 Å². The number of phenols is 1. The van der Waals surface area contributed by atoms with Crippen LogP contribution in [0.2, 0.25) is 0 Å². The molecule has 2 aliphatic rings. The van der Waals surface area contributed by atoms with E-state index in [0.717, 1.165) is 37.5 Å². The molecule has 0 spiro atoms. The van der Waals surface area contributed by atoms with E-state index < -0.39 is 0 Å². The van der Waals surface area contributed by atoms with Crippen LogP contribution in [0, 0.1) is 13.8 Å². The number of fused-ring (bicyclic) bond motifs is 1. The number of hydrogen-bond acceptors (Lipinski definition) is 5. The smallest absolute Gasteiger partial charge is 0.321 e. The van der Waals surface area contributed by atoms with E-state index in [9.17, 15) is 9.90 Å². The number of urea groups is 1. The molecule has 3 N–H and O–H groups in total. The van der Waals surface area contributed by atoms with Gasteiger partial charge in [0.1, 0.15) is 11.6 Å². The van der Waals surface area contributed by atoms with Crippen molar-refractivity contribution in [3.8, 4) is 5.75 Å². The Bertz CT molecular complexity index is 1410. The van der Waals surface area contributed by atoms with Crippen molar-refractivity contribution in [3.05, 3.63) is 106 Å². The zero-order valence-corrected chi connectivity index (χ0v) is 29.6. The predicted octanol–water partition coefficient (Wildman–Crippen LogP) is 8.26. The second-order valence-corrected chi connectivity index (χ2v) is 10.8. The van der Waals surface area contributed by atoms with E-state index in [1.54, 1.807) is 35.5 Å². The Morgan fingerprint density at radius 3 is 2.29 bits per heavy atom. The SMILES string of the molecule is C=C1CC(N2CCN(C(=O)Nc3ccc(O)cc3)CC2)c2ccc(C)cc2C=C1Cn1ccnc1C.CC.CC.CN/C=C/Br. The molecule has 2 aromatic carbocycles. The largest absolute Gasteiger partial charge is 0.508 e. The van der Waals surface area contributed by atoms with Crippen molar-refractivity contribution in [1.29, 1.82) is 0 Å². The number of halogens is 1. The number of imidazole rings is 1. The third-order valence-electron chi connectivity index (χ3n) is 7.48. The molecule has 1 unspecified atom stereocenters. The lowest BCUT2D eigenvalue weighted by Gasteiger charge is -2.40. The first kappa shape index (κ1) is 37.4. The monoisotopic (exact) mass is 678 g/mol. The summed E-state index contributed by atoms with van der Waals surface area (Å²) in [6, 6.07) is 13.4. The van der Waals surface area contributed by atoms with E-state index in [0.29, 0.717) is 18.8 Å². The maximum atomic E-state index is 12.8. The van der Waals surface area contributed by atoms with Gasteiger partial charge in [0.25, 0.3) is 0 Å². The molecular weight excluding hydrogens is 628 g/mol. The minimum Gasteiger partial charge on any atom is -0.508 e. The number of amides is 2. The molecule has 5 rings (SSSR count). The fraction of sp³-hybridized carbons (Fsp3) is 0.389. The van der Waals surface area contributed by atoms with E-state index in [1.165, 1.54) is 22.3 Å². The fourth-order valence-corrected chi connectivity index (χ4v) is 5.44. The van der Waals surface area contributed by atoms with Crippen LogP contribution < -0.4 is 10.6 Å². The van der Waals surface area contributed by atoms with E-state index >= 15 is 0 Å². The summed E-state index contributed by atoms with van der Waals surface area (Å²) in [5, 5.41) is 15.2. The van der Waals surface area contributed by atoms with Crippen LogP contribution in [-0.4, -0.2) is 63.7 Å². The summed E-state index contributed by atoms with van der Waals surface area (Å²) in [5.41, 5.74) is 6.87. The predicted molar refractivity (Wildman–Crippen MR) is 193 cm³/mol. The lowest BCUT2D eigenvalue weighted by molar-refractivity contribution is 0.113. The molecule has 9 heteroatoms. The van der Waals surface area contributed by atoms with Crippen LogP contribution in [-0.2, 0) is 6.54 Å². The Labute approximate surface area is 278 Å². The topological polar surface area (TPSA) is 85.7 Å². The lowest BCUT2D eigenvalue weighted by Crippen LogP contribution is -2.51. The highest BCUT2D eigenvalue weighted by atomic mass is 79.9. The summed E-state index contributed by atoms with van der Waals surface area (Å²) in [4.78, 5) is 23.3. The van der Waals surface area contributed by atoms with E-state index in [1.807, 2.05) is 59.0 Å². The van der Waals surface area contributed by atoms with Gasteiger partial charge < -0.3 is 25.2 Å². The van der Waals surface area contributed by atoms with Gasteiger partial charge in [-0.2, -0.15) is 0 Å². The number of aromatic hydroxyl groups is 1. The normalized spacial score (nSPS) is 16.0. The molecule has 1 aliphatic carbocycles. The average Bonchev–Trinajstić information content (AvgIpc) is 3.41. The number of carbonyl (C=O) groups is 1. The molecule has 1 atom stereocenters. The molecule has 0 saturated carbocycles. The van der Waals surface area contributed by atoms with Gasteiger partial charge in [-0.05, 0) is 77.9 Å². The highest BCUT2D eigenvalue weighted by molar-refractivity contribution is 9.11. The van der Waals surface area contributed by atoms with Gasteiger partial charge in [0, 0.05) is 70.1 Å². The number of aryl methyl sites for hydroxylation is 2. The van der Waals surface area contributed by atoms with Gasteiger partial charge in [-0.25, -0.2) is 9.78 Å². The minimum absolute atomic E-state index is 0.110. The molecule has 1 saturated heterocycles. The highest BCUT2D eigenvalue weighted by Gasteiger charge is 2.30.